The Hall–Kier alpha value is -1.03. The van der Waals surface area contributed by atoms with E-state index < -0.39 is 0 Å². The minimum absolute atomic E-state index is 0.0127. The van der Waals surface area contributed by atoms with Crippen LogP contribution in [0.4, 0.5) is 11.4 Å². The number of fused-ring (bicyclic) bond motifs is 1. The van der Waals surface area contributed by atoms with Gasteiger partial charge in [0.1, 0.15) is 6.04 Å². The average molecular weight is 255 g/mol. The van der Waals surface area contributed by atoms with Crippen LogP contribution in [-0.2, 0) is 4.79 Å². The monoisotopic (exact) mass is 254 g/mol. The summed E-state index contributed by atoms with van der Waals surface area (Å²) in [6, 6.07) is 3.77. The highest BCUT2D eigenvalue weighted by molar-refractivity contribution is 9.10. The first-order chi connectivity index (χ1) is 6.59. The van der Waals surface area contributed by atoms with Gasteiger partial charge in [-0.05, 0) is 31.5 Å². The second-order valence-electron chi connectivity index (χ2n) is 3.45. The molecule has 1 aliphatic rings. The normalized spacial score (nSPS) is 19.6. The summed E-state index contributed by atoms with van der Waals surface area (Å²) in [5.74, 6) is 0.0127. The minimum Gasteiger partial charge on any atom is -0.372 e. The molecule has 0 aliphatic carbocycles. The standard InChI is InChI=1S/C10H11BrN2O/c1-5-7(11)3-4-8-9(5)13-10(14)6(2)12-8/h3-4,6,12H,1-2H3,(H,13,14). The molecule has 74 valence electrons. The molecule has 3 nitrogen and oxygen atoms in total. The molecule has 0 radical (unpaired) electrons. The van der Waals surface area contributed by atoms with Gasteiger partial charge in [-0.15, -0.1) is 0 Å². The quantitative estimate of drug-likeness (QED) is 0.747. The Morgan fingerprint density at radius 2 is 2.14 bits per heavy atom. The topological polar surface area (TPSA) is 41.1 Å². The van der Waals surface area contributed by atoms with Crippen LogP contribution in [0.2, 0.25) is 0 Å². The molecule has 0 fully saturated rings. The average Bonchev–Trinajstić information content (AvgIpc) is 2.15. The van der Waals surface area contributed by atoms with E-state index in [0.29, 0.717) is 0 Å². The molecular formula is C10H11BrN2O. The van der Waals surface area contributed by atoms with Crippen LogP contribution in [0.5, 0.6) is 0 Å². The van der Waals surface area contributed by atoms with Crippen molar-refractivity contribution in [3.05, 3.63) is 22.2 Å². The van der Waals surface area contributed by atoms with Crippen molar-refractivity contribution in [1.29, 1.82) is 0 Å². The van der Waals surface area contributed by atoms with Crippen LogP contribution < -0.4 is 10.6 Å². The SMILES string of the molecule is Cc1c(Br)ccc2c1NC(=O)C(C)N2. The van der Waals surface area contributed by atoms with E-state index in [9.17, 15) is 4.79 Å². The maximum atomic E-state index is 11.4. The van der Waals surface area contributed by atoms with E-state index in [1.165, 1.54) is 0 Å². The number of hydrogen-bond acceptors (Lipinski definition) is 2. The molecule has 0 bridgehead atoms. The highest BCUT2D eigenvalue weighted by atomic mass is 79.9. The molecule has 4 heteroatoms. The zero-order valence-electron chi connectivity index (χ0n) is 8.02. The summed E-state index contributed by atoms with van der Waals surface area (Å²) in [5, 5.41) is 6.03. The molecule has 1 amide bonds. The fourth-order valence-electron chi connectivity index (χ4n) is 1.50. The second kappa shape index (κ2) is 3.28. The number of nitrogens with one attached hydrogen (secondary N) is 2. The van der Waals surface area contributed by atoms with Crippen molar-refractivity contribution in [2.24, 2.45) is 0 Å². The summed E-state index contributed by atoms with van der Waals surface area (Å²) >= 11 is 3.43. The lowest BCUT2D eigenvalue weighted by atomic mass is 10.1. The third-order valence-corrected chi connectivity index (χ3v) is 3.27. The fourth-order valence-corrected chi connectivity index (χ4v) is 1.83. The van der Waals surface area contributed by atoms with E-state index in [0.717, 1.165) is 21.4 Å². The van der Waals surface area contributed by atoms with Gasteiger partial charge in [0.15, 0.2) is 0 Å². The van der Waals surface area contributed by atoms with Crippen molar-refractivity contribution in [3.8, 4) is 0 Å². The number of anilines is 2. The van der Waals surface area contributed by atoms with Gasteiger partial charge in [-0.25, -0.2) is 0 Å². The summed E-state index contributed by atoms with van der Waals surface area (Å²) in [6.07, 6.45) is 0. The zero-order chi connectivity index (χ0) is 10.3. The van der Waals surface area contributed by atoms with Crippen LogP contribution in [0.15, 0.2) is 16.6 Å². The predicted octanol–water partition coefficient (Wildman–Crippen LogP) is 2.51. The van der Waals surface area contributed by atoms with E-state index in [2.05, 4.69) is 26.6 Å². The van der Waals surface area contributed by atoms with Crippen molar-refractivity contribution < 1.29 is 4.79 Å². The van der Waals surface area contributed by atoms with Crippen molar-refractivity contribution in [2.45, 2.75) is 19.9 Å². The van der Waals surface area contributed by atoms with Crippen molar-refractivity contribution in [3.63, 3.8) is 0 Å². The van der Waals surface area contributed by atoms with Crippen molar-refractivity contribution >= 4 is 33.2 Å². The van der Waals surface area contributed by atoms with Crippen LogP contribution in [-0.4, -0.2) is 11.9 Å². The molecule has 0 spiro atoms. The Kier molecular flexibility index (Phi) is 2.23. The molecule has 2 N–H and O–H groups in total. The van der Waals surface area contributed by atoms with Gasteiger partial charge < -0.3 is 10.6 Å². The van der Waals surface area contributed by atoms with Crippen LogP contribution in [0.25, 0.3) is 0 Å². The van der Waals surface area contributed by atoms with Crippen molar-refractivity contribution in [2.75, 3.05) is 10.6 Å². The lowest BCUT2D eigenvalue weighted by Gasteiger charge is -2.25. The Labute approximate surface area is 91.0 Å². The molecule has 0 aromatic heterocycles. The molecule has 2 rings (SSSR count). The van der Waals surface area contributed by atoms with E-state index in [1.807, 2.05) is 26.0 Å². The Morgan fingerprint density at radius 3 is 2.86 bits per heavy atom. The largest absolute Gasteiger partial charge is 0.372 e. The maximum absolute atomic E-state index is 11.4. The van der Waals surface area contributed by atoms with Crippen LogP contribution in [0.3, 0.4) is 0 Å². The van der Waals surface area contributed by atoms with Gasteiger partial charge in [0.25, 0.3) is 0 Å². The Bertz CT molecular complexity index is 403. The van der Waals surface area contributed by atoms with Crippen LogP contribution in [0.1, 0.15) is 12.5 Å². The lowest BCUT2D eigenvalue weighted by Crippen LogP contribution is -2.36. The first-order valence-electron chi connectivity index (χ1n) is 4.46. The molecule has 0 saturated heterocycles. The number of carbonyl (C=O) groups is 1. The third-order valence-electron chi connectivity index (χ3n) is 2.41. The lowest BCUT2D eigenvalue weighted by molar-refractivity contribution is -0.116. The molecule has 1 aromatic rings. The zero-order valence-corrected chi connectivity index (χ0v) is 9.60. The summed E-state index contributed by atoms with van der Waals surface area (Å²) in [7, 11) is 0. The van der Waals surface area contributed by atoms with Gasteiger partial charge in [-0.1, -0.05) is 15.9 Å². The van der Waals surface area contributed by atoms with E-state index in [1.54, 1.807) is 0 Å². The smallest absolute Gasteiger partial charge is 0.246 e. The number of amides is 1. The molecule has 1 unspecified atom stereocenters. The first-order valence-corrected chi connectivity index (χ1v) is 5.25. The molecule has 1 aromatic carbocycles. The highest BCUT2D eigenvalue weighted by Gasteiger charge is 2.22. The number of hydrogen-bond donors (Lipinski definition) is 2. The molecule has 0 saturated carbocycles. The van der Waals surface area contributed by atoms with Gasteiger partial charge in [-0.3, -0.25) is 4.79 Å². The minimum atomic E-state index is -0.164. The van der Waals surface area contributed by atoms with E-state index in [-0.39, 0.29) is 11.9 Å². The molecular weight excluding hydrogens is 244 g/mol. The molecule has 1 aliphatic heterocycles. The number of rotatable bonds is 0. The van der Waals surface area contributed by atoms with Crippen molar-refractivity contribution in [1.82, 2.24) is 0 Å². The number of carbonyl (C=O) groups excluding carboxylic acids is 1. The Balaban J connectivity index is 2.52. The van der Waals surface area contributed by atoms with E-state index in [4.69, 9.17) is 0 Å². The summed E-state index contributed by atoms with van der Waals surface area (Å²) in [5.41, 5.74) is 2.91. The van der Waals surface area contributed by atoms with Crippen LogP contribution >= 0.6 is 15.9 Å². The summed E-state index contributed by atoms with van der Waals surface area (Å²) in [6.45, 7) is 3.82. The van der Waals surface area contributed by atoms with Gasteiger partial charge in [-0.2, -0.15) is 0 Å². The molecule has 1 heterocycles. The van der Waals surface area contributed by atoms with Gasteiger partial charge in [0.05, 0.1) is 11.4 Å². The number of benzene rings is 1. The molecule has 14 heavy (non-hydrogen) atoms. The first kappa shape index (κ1) is 9.52. The molecule has 1 atom stereocenters. The second-order valence-corrected chi connectivity index (χ2v) is 4.30. The predicted molar refractivity (Wildman–Crippen MR) is 60.6 cm³/mol. The third kappa shape index (κ3) is 1.39. The van der Waals surface area contributed by atoms with Gasteiger partial charge >= 0.3 is 0 Å². The highest BCUT2D eigenvalue weighted by Crippen LogP contribution is 2.34. The van der Waals surface area contributed by atoms with Crippen LogP contribution in [0, 0.1) is 6.92 Å². The van der Waals surface area contributed by atoms with Gasteiger partial charge in [0.2, 0.25) is 5.91 Å². The summed E-state index contributed by atoms with van der Waals surface area (Å²) < 4.78 is 1.01. The number of halogens is 1. The van der Waals surface area contributed by atoms with Gasteiger partial charge in [0, 0.05) is 4.47 Å². The summed E-state index contributed by atoms with van der Waals surface area (Å²) in [4.78, 5) is 11.4. The van der Waals surface area contributed by atoms with E-state index >= 15 is 0 Å². The Morgan fingerprint density at radius 1 is 1.43 bits per heavy atom. The fraction of sp³-hybridized carbons (Fsp3) is 0.300. The maximum Gasteiger partial charge on any atom is 0.246 e.